The fourth-order valence-electron chi connectivity index (χ4n) is 3.81. The lowest BCUT2D eigenvalue weighted by atomic mass is 10.1. The van der Waals surface area contributed by atoms with Gasteiger partial charge in [-0.15, -0.1) is 10.2 Å². The van der Waals surface area contributed by atoms with Crippen LogP contribution >= 0.6 is 0 Å². The molecule has 1 N–H and O–H groups in total. The van der Waals surface area contributed by atoms with Gasteiger partial charge < -0.3 is 10.2 Å². The molecular weight excluding hydrogens is 358 g/mol. The minimum absolute atomic E-state index is 0.676. The molecule has 0 atom stereocenters. The highest BCUT2D eigenvalue weighted by Crippen LogP contribution is 2.19. The minimum atomic E-state index is 0.676. The van der Waals surface area contributed by atoms with E-state index in [4.69, 9.17) is 4.98 Å². The Morgan fingerprint density at radius 2 is 1.48 bits per heavy atom. The van der Waals surface area contributed by atoms with Crippen LogP contribution in [0.2, 0.25) is 0 Å². The molecule has 1 saturated heterocycles. The molecule has 0 amide bonds. The number of likely N-dealkylation sites (tertiary alicyclic amines) is 1. The summed E-state index contributed by atoms with van der Waals surface area (Å²) >= 11 is 0. The highest BCUT2D eigenvalue weighted by atomic mass is 15.2. The molecule has 3 aromatic rings. The molecule has 1 aromatic heterocycles. The van der Waals surface area contributed by atoms with E-state index in [1.807, 2.05) is 36.4 Å². The van der Waals surface area contributed by atoms with Crippen LogP contribution in [0.3, 0.4) is 0 Å². The van der Waals surface area contributed by atoms with Crippen molar-refractivity contribution in [1.29, 1.82) is 0 Å². The van der Waals surface area contributed by atoms with Crippen molar-refractivity contribution < 1.29 is 0 Å². The van der Waals surface area contributed by atoms with Gasteiger partial charge in [0.1, 0.15) is 0 Å². The second kappa shape index (κ2) is 10.1. The number of anilines is 1. The third kappa shape index (κ3) is 5.61. The van der Waals surface area contributed by atoms with E-state index < -0.39 is 0 Å². The zero-order chi connectivity index (χ0) is 19.7. The summed E-state index contributed by atoms with van der Waals surface area (Å²) in [4.78, 5) is 7.42. The van der Waals surface area contributed by atoms with Crippen LogP contribution in [0.5, 0.6) is 0 Å². The second-order valence-electron chi connectivity index (χ2n) is 7.64. The van der Waals surface area contributed by atoms with Crippen molar-refractivity contribution in [3.05, 3.63) is 71.9 Å². The van der Waals surface area contributed by atoms with Crippen molar-refractivity contribution in [1.82, 2.24) is 20.1 Å². The lowest BCUT2D eigenvalue weighted by molar-refractivity contribution is 0.296. The van der Waals surface area contributed by atoms with Gasteiger partial charge in [-0.1, -0.05) is 73.5 Å². The molecule has 1 aliphatic heterocycles. The summed E-state index contributed by atoms with van der Waals surface area (Å²) in [5.41, 5.74) is 3.16. The summed E-state index contributed by atoms with van der Waals surface area (Å²) in [7, 11) is 0. The van der Waals surface area contributed by atoms with Gasteiger partial charge in [-0.2, -0.15) is 0 Å². The predicted octanol–water partition coefficient (Wildman–Crippen LogP) is 4.42. The minimum Gasteiger partial charge on any atom is -0.366 e. The lowest BCUT2D eigenvalue weighted by Gasteiger charge is -2.20. The van der Waals surface area contributed by atoms with Gasteiger partial charge in [0.25, 0.3) is 0 Å². The molecule has 0 spiro atoms. The first-order chi connectivity index (χ1) is 14.4. The highest BCUT2D eigenvalue weighted by molar-refractivity contribution is 5.56. The van der Waals surface area contributed by atoms with E-state index in [0.717, 1.165) is 36.6 Å². The van der Waals surface area contributed by atoms with Crippen molar-refractivity contribution in [2.45, 2.75) is 32.1 Å². The fraction of sp³-hybridized carbons (Fsp3) is 0.375. The zero-order valence-electron chi connectivity index (χ0n) is 16.9. The Morgan fingerprint density at radius 3 is 2.21 bits per heavy atom. The number of rotatable bonds is 7. The Kier molecular flexibility index (Phi) is 6.81. The van der Waals surface area contributed by atoms with Crippen LogP contribution in [0.25, 0.3) is 11.4 Å². The summed E-state index contributed by atoms with van der Waals surface area (Å²) in [5.74, 6) is 1.47. The van der Waals surface area contributed by atoms with E-state index in [1.165, 1.54) is 44.3 Å². The van der Waals surface area contributed by atoms with Crippen LogP contribution in [0, 0.1) is 0 Å². The van der Waals surface area contributed by atoms with Gasteiger partial charge in [0, 0.05) is 25.1 Å². The van der Waals surface area contributed by atoms with E-state index >= 15 is 0 Å². The van der Waals surface area contributed by atoms with Gasteiger partial charge in [-0.05, 0) is 31.5 Å². The third-order valence-electron chi connectivity index (χ3n) is 5.42. The van der Waals surface area contributed by atoms with Crippen LogP contribution in [0.4, 0.5) is 5.82 Å². The topological polar surface area (TPSA) is 53.9 Å². The van der Waals surface area contributed by atoms with Gasteiger partial charge in [0.2, 0.25) is 0 Å². The monoisotopic (exact) mass is 387 g/mol. The molecular formula is C24H29N5. The number of nitrogens with one attached hydrogen (secondary N) is 1. The summed E-state index contributed by atoms with van der Waals surface area (Å²) in [6.07, 6.45) is 6.09. The molecule has 2 aromatic carbocycles. The van der Waals surface area contributed by atoms with Crippen LogP contribution in [0.1, 0.15) is 36.9 Å². The first-order valence-electron chi connectivity index (χ1n) is 10.7. The zero-order valence-corrected chi connectivity index (χ0v) is 16.9. The van der Waals surface area contributed by atoms with Gasteiger partial charge in [0.05, 0.1) is 5.69 Å². The Morgan fingerprint density at radius 1 is 0.793 bits per heavy atom. The number of hydrogen-bond acceptors (Lipinski definition) is 5. The first-order valence-corrected chi connectivity index (χ1v) is 10.7. The molecule has 0 bridgehead atoms. The van der Waals surface area contributed by atoms with Crippen LogP contribution in [0.15, 0.2) is 60.7 Å². The first kappa shape index (κ1) is 19.5. The Hall–Kier alpha value is -2.79. The predicted molar refractivity (Wildman–Crippen MR) is 118 cm³/mol. The quantitative estimate of drug-likeness (QED) is 0.650. The Balaban J connectivity index is 1.50. The lowest BCUT2D eigenvalue weighted by Crippen LogP contribution is -2.30. The SMILES string of the molecule is c1ccc(Cc2nc(-c3ccccc3)nnc2NCCN2CCCCCC2)cc1. The summed E-state index contributed by atoms with van der Waals surface area (Å²) in [6.45, 7) is 4.31. The van der Waals surface area contributed by atoms with Crippen molar-refractivity contribution in [2.24, 2.45) is 0 Å². The van der Waals surface area contributed by atoms with Crippen molar-refractivity contribution >= 4 is 5.82 Å². The van der Waals surface area contributed by atoms with Crippen LogP contribution in [-0.2, 0) is 6.42 Å². The maximum Gasteiger partial charge on any atom is 0.182 e. The molecule has 5 heteroatoms. The molecule has 0 aliphatic carbocycles. The normalized spacial score (nSPS) is 15.0. The average molecular weight is 388 g/mol. The molecule has 0 radical (unpaired) electrons. The third-order valence-corrected chi connectivity index (χ3v) is 5.42. The smallest absolute Gasteiger partial charge is 0.182 e. The van der Waals surface area contributed by atoms with Crippen molar-refractivity contribution in [3.63, 3.8) is 0 Å². The number of aromatic nitrogens is 3. The highest BCUT2D eigenvalue weighted by Gasteiger charge is 2.13. The standard InChI is InChI=1S/C24H29N5/c1-2-10-17-29(16-9-1)18-15-25-24-22(19-20-11-5-3-6-12-20)26-23(27-28-24)21-13-7-4-8-14-21/h3-8,11-14H,1-2,9-10,15-19H2,(H,25,28). The van der Waals surface area contributed by atoms with E-state index in [1.54, 1.807) is 0 Å². The Labute approximate surface area is 173 Å². The maximum absolute atomic E-state index is 4.87. The molecule has 5 nitrogen and oxygen atoms in total. The van der Waals surface area contributed by atoms with Crippen LogP contribution < -0.4 is 5.32 Å². The van der Waals surface area contributed by atoms with Gasteiger partial charge in [-0.25, -0.2) is 4.98 Å². The van der Waals surface area contributed by atoms with Gasteiger partial charge in [0.15, 0.2) is 11.6 Å². The molecule has 0 saturated carbocycles. The Bertz CT molecular complexity index is 874. The van der Waals surface area contributed by atoms with E-state index in [0.29, 0.717) is 5.82 Å². The van der Waals surface area contributed by atoms with E-state index in [2.05, 4.69) is 44.7 Å². The molecule has 1 fully saturated rings. The molecule has 1 aliphatic rings. The maximum atomic E-state index is 4.87. The number of nitrogens with zero attached hydrogens (tertiary/aromatic N) is 4. The average Bonchev–Trinajstić information content (AvgIpc) is 3.05. The van der Waals surface area contributed by atoms with Crippen molar-refractivity contribution in [3.8, 4) is 11.4 Å². The molecule has 2 heterocycles. The molecule has 29 heavy (non-hydrogen) atoms. The molecule has 150 valence electrons. The number of hydrogen-bond donors (Lipinski definition) is 1. The molecule has 4 rings (SSSR count). The number of benzene rings is 2. The van der Waals surface area contributed by atoms with Crippen molar-refractivity contribution in [2.75, 3.05) is 31.5 Å². The summed E-state index contributed by atoms with van der Waals surface area (Å²) in [5, 5.41) is 12.4. The van der Waals surface area contributed by atoms with E-state index in [-0.39, 0.29) is 0 Å². The summed E-state index contributed by atoms with van der Waals surface area (Å²) in [6, 6.07) is 20.5. The summed E-state index contributed by atoms with van der Waals surface area (Å²) < 4.78 is 0. The van der Waals surface area contributed by atoms with Gasteiger partial charge >= 0.3 is 0 Å². The fourth-order valence-corrected chi connectivity index (χ4v) is 3.81. The van der Waals surface area contributed by atoms with E-state index in [9.17, 15) is 0 Å². The largest absolute Gasteiger partial charge is 0.366 e. The second-order valence-corrected chi connectivity index (χ2v) is 7.64. The van der Waals surface area contributed by atoms with Crippen LogP contribution in [-0.4, -0.2) is 46.3 Å². The van der Waals surface area contributed by atoms with Gasteiger partial charge in [-0.3, -0.25) is 0 Å². The molecule has 0 unspecified atom stereocenters.